The van der Waals surface area contributed by atoms with E-state index in [9.17, 15) is 8.42 Å². The highest BCUT2D eigenvalue weighted by atomic mass is 32.2. The van der Waals surface area contributed by atoms with Crippen LogP contribution in [0.4, 0.5) is 0 Å². The van der Waals surface area contributed by atoms with Crippen LogP contribution in [0.5, 0.6) is 0 Å². The lowest BCUT2D eigenvalue weighted by Crippen LogP contribution is -2.48. The largest absolute Gasteiger partial charge is 0.354 e. The van der Waals surface area contributed by atoms with Crippen molar-refractivity contribution >= 4 is 16.0 Å². The second-order valence-corrected chi connectivity index (χ2v) is 9.32. The summed E-state index contributed by atoms with van der Waals surface area (Å²) in [6.45, 7) is 4.41. The molecule has 2 aliphatic rings. The molecule has 0 amide bonds. The van der Waals surface area contributed by atoms with Gasteiger partial charge in [0.05, 0.1) is 0 Å². The third kappa shape index (κ3) is 4.92. The third-order valence-corrected chi connectivity index (χ3v) is 6.73. The number of piperidine rings is 1. The summed E-state index contributed by atoms with van der Waals surface area (Å²) < 4.78 is 30.2. The zero-order valence-electron chi connectivity index (χ0n) is 15.2. The molecule has 5 nitrogen and oxygen atoms in total. The highest BCUT2D eigenvalue weighted by Crippen LogP contribution is 2.31. The van der Waals surface area contributed by atoms with Gasteiger partial charge in [-0.15, -0.1) is 4.40 Å². The minimum atomic E-state index is -3.56. The van der Waals surface area contributed by atoms with Crippen LogP contribution in [-0.4, -0.2) is 49.6 Å². The topological polar surface area (TPSA) is 53.0 Å². The average Bonchev–Trinajstić information content (AvgIpc) is 2.47. The van der Waals surface area contributed by atoms with E-state index in [-0.39, 0.29) is 0 Å². The molecule has 1 aliphatic heterocycles. The molecule has 2 rings (SSSR count). The predicted octanol–water partition coefficient (Wildman–Crippen LogP) is 3.42. The van der Waals surface area contributed by atoms with Crippen molar-refractivity contribution in [3.05, 3.63) is 0 Å². The highest BCUT2D eigenvalue weighted by Gasteiger charge is 2.31. The molecule has 23 heavy (non-hydrogen) atoms. The van der Waals surface area contributed by atoms with Crippen LogP contribution in [0, 0.1) is 5.92 Å². The van der Waals surface area contributed by atoms with Crippen molar-refractivity contribution in [1.82, 2.24) is 9.21 Å². The Bertz CT molecular complexity index is 500. The third-order valence-electron chi connectivity index (χ3n) is 5.37. The summed E-state index contributed by atoms with van der Waals surface area (Å²) in [4.78, 5) is 2.29. The lowest BCUT2D eigenvalue weighted by Gasteiger charge is -2.42. The Morgan fingerprint density at radius 3 is 2.09 bits per heavy atom. The second kappa shape index (κ2) is 7.97. The summed E-state index contributed by atoms with van der Waals surface area (Å²) in [5.41, 5.74) is 0. The first-order chi connectivity index (χ1) is 10.8. The fourth-order valence-electron chi connectivity index (χ4n) is 3.98. The van der Waals surface area contributed by atoms with E-state index in [0.717, 1.165) is 25.1 Å². The predicted molar refractivity (Wildman–Crippen MR) is 95.8 cm³/mol. The van der Waals surface area contributed by atoms with Gasteiger partial charge in [0.2, 0.25) is 0 Å². The standard InChI is InChI=1S/C17H33N3O2S/c1-14-9-8-10-15(2)20(14)17(18-23(21,22)19(3)4)13-16-11-6-5-7-12-16/h14-16H,5-13H2,1-4H3/t14-,15+. The van der Waals surface area contributed by atoms with E-state index in [4.69, 9.17) is 0 Å². The van der Waals surface area contributed by atoms with E-state index in [1.54, 1.807) is 14.1 Å². The van der Waals surface area contributed by atoms with Gasteiger partial charge in [-0.3, -0.25) is 0 Å². The Kier molecular flexibility index (Phi) is 6.48. The van der Waals surface area contributed by atoms with Gasteiger partial charge in [-0.2, -0.15) is 12.7 Å². The monoisotopic (exact) mass is 343 g/mol. The molecule has 0 spiro atoms. The van der Waals surface area contributed by atoms with Crippen LogP contribution < -0.4 is 0 Å². The van der Waals surface area contributed by atoms with E-state index >= 15 is 0 Å². The van der Waals surface area contributed by atoms with E-state index in [1.807, 2.05) is 0 Å². The van der Waals surface area contributed by atoms with Crippen molar-refractivity contribution < 1.29 is 8.42 Å². The first-order valence-corrected chi connectivity index (χ1v) is 10.5. The molecule has 1 heterocycles. The number of amidine groups is 1. The highest BCUT2D eigenvalue weighted by molar-refractivity contribution is 7.87. The maximum Gasteiger partial charge on any atom is 0.323 e. The van der Waals surface area contributed by atoms with Gasteiger partial charge in [0.25, 0.3) is 0 Å². The molecule has 0 radical (unpaired) electrons. The van der Waals surface area contributed by atoms with Crippen LogP contribution in [0.15, 0.2) is 4.40 Å². The molecule has 0 unspecified atom stereocenters. The zero-order chi connectivity index (χ0) is 17.0. The first-order valence-electron chi connectivity index (χ1n) is 9.11. The number of likely N-dealkylation sites (tertiary alicyclic amines) is 1. The van der Waals surface area contributed by atoms with Crippen LogP contribution >= 0.6 is 0 Å². The van der Waals surface area contributed by atoms with Crippen LogP contribution in [0.25, 0.3) is 0 Å². The van der Waals surface area contributed by atoms with Gasteiger partial charge >= 0.3 is 10.2 Å². The van der Waals surface area contributed by atoms with Crippen LogP contribution in [0.3, 0.4) is 0 Å². The Morgan fingerprint density at radius 2 is 1.57 bits per heavy atom. The lowest BCUT2D eigenvalue weighted by atomic mass is 9.85. The zero-order valence-corrected chi connectivity index (χ0v) is 16.0. The van der Waals surface area contributed by atoms with Gasteiger partial charge in [-0.05, 0) is 39.0 Å². The molecule has 1 saturated carbocycles. The SMILES string of the molecule is C[C@@H]1CCC[C@H](C)N1C(CC1CCCCC1)=NS(=O)(=O)N(C)C. The number of hydrogen-bond acceptors (Lipinski definition) is 2. The molecular formula is C17H33N3O2S. The molecular weight excluding hydrogens is 310 g/mol. The molecule has 0 aromatic heterocycles. The van der Waals surface area contributed by atoms with Gasteiger partial charge in [-0.25, -0.2) is 0 Å². The second-order valence-electron chi connectivity index (χ2n) is 7.51. The summed E-state index contributed by atoms with van der Waals surface area (Å²) in [6, 6.07) is 0.747. The molecule has 1 aliphatic carbocycles. The van der Waals surface area contributed by atoms with E-state index in [0.29, 0.717) is 18.0 Å². The van der Waals surface area contributed by atoms with Gasteiger partial charge in [-0.1, -0.05) is 32.1 Å². The molecule has 2 fully saturated rings. The van der Waals surface area contributed by atoms with Gasteiger partial charge < -0.3 is 4.90 Å². The quantitative estimate of drug-likeness (QED) is 0.580. The Balaban J connectivity index is 2.28. The van der Waals surface area contributed by atoms with Crippen molar-refractivity contribution in [2.75, 3.05) is 14.1 Å². The maximum absolute atomic E-state index is 12.4. The Labute approximate surface area is 142 Å². The molecule has 6 heteroatoms. The van der Waals surface area contributed by atoms with Crippen LogP contribution in [0.2, 0.25) is 0 Å². The molecule has 0 bridgehead atoms. The Hall–Kier alpha value is -0.620. The minimum absolute atomic E-state index is 0.374. The van der Waals surface area contributed by atoms with E-state index in [2.05, 4.69) is 23.1 Å². The molecule has 0 aromatic rings. The van der Waals surface area contributed by atoms with Crippen molar-refractivity contribution in [2.24, 2.45) is 10.3 Å². The van der Waals surface area contributed by atoms with Crippen molar-refractivity contribution in [3.8, 4) is 0 Å². The van der Waals surface area contributed by atoms with Crippen molar-refractivity contribution in [3.63, 3.8) is 0 Å². The molecule has 0 aromatic carbocycles. The van der Waals surface area contributed by atoms with Crippen LogP contribution in [-0.2, 0) is 10.2 Å². The fraction of sp³-hybridized carbons (Fsp3) is 0.941. The number of rotatable bonds is 4. The van der Waals surface area contributed by atoms with Crippen molar-refractivity contribution in [2.45, 2.75) is 83.7 Å². The summed E-state index contributed by atoms with van der Waals surface area (Å²) in [7, 11) is -0.453. The normalized spacial score (nSPS) is 28.4. The summed E-state index contributed by atoms with van der Waals surface area (Å²) in [5.74, 6) is 1.38. The smallest absolute Gasteiger partial charge is 0.323 e. The average molecular weight is 344 g/mol. The lowest BCUT2D eigenvalue weighted by molar-refractivity contribution is 0.184. The van der Waals surface area contributed by atoms with Crippen molar-refractivity contribution in [1.29, 1.82) is 0 Å². The summed E-state index contributed by atoms with van der Waals surface area (Å²) in [6.07, 6.45) is 10.5. The summed E-state index contributed by atoms with van der Waals surface area (Å²) in [5, 5.41) is 0. The molecule has 1 saturated heterocycles. The molecule has 0 N–H and O–H groups in total. The molecule has 2 atom stereocenters. The first kappa shape index (κ1) is 18.7. The maximum atomic E-state index is 12.4. The van der Waals surface area contributed by atoms with Gasteiger partial charge in [0, 0.05) is 32.6 Å². The van der Waals surface area contributed by atoms with Gasteiger partial charge in [0.1, 0.15) is 5.84 Å². The molecule has 134 valence electrons. The van der Waals surface area contributed by atoms with Gasteiger partial charge in [0.15, 0.2) is 0 Å². The summed E-state index contributed by atoms with van der Waals surface area (Å²) >= 11 is 0. The van der Waals surface area contributed by atoms with E-state index in [1.165, 1.54) is 42.8 Å². The number of nitrogens with zero attached hydrogens (tertiary/aromatic N) is 3. The Morgan fingerprint density at radius 1 is 1.00 bits per heavy atom. The minimum Gasteiger partial charge on any atom is -0.354 e. The fourth-order valence-corrected chi connectivity index (χ4v) is 4.58. The van der Waals surface area contributed by atoms with E-state index < -0.39 is 10.2 Å². The van der Waals surface area contributed by atoms with Crippen LogP contribution in [0.1, 0.15) is 71.6 Å². The number of hydrogen-bond donors (Lipinski definition) is 0.